The zero-order valence-corrected chi connectivity index (χ0v) is 13.0. The van der Waals surface area contributed by atoms with E-state index in [0.717, 1.165) is 32.2 Å². The lowest BCUT2D eigenvalue weighted by Crippen LogP contribution is -2.55. The zero-order valence-electron chi connectivity index (χ0n) is 13.0. The summed E-state index contributed by atoms with van der Waals surface area (Å²) in [6, 6.07) is 0.571. The molecule has 0 aromatic carbocycles. The topological polar surface area (TPSA) is 72.3 Å². The van der Waals surface area contributed by atoms with Crippen LogP contribution in [-0.2, 0) is 4.79 Å². The molecule has 4 heteroatoms. The molecule has 1 aliphatic carbocycles. The van der Waals surface area contributed by atoms with Crippen LogP contribution in [0.25, 0.3) is 0 Å². The van der Waals surface area contributed by atoms with Gasteiger partial charge in [0.25, 0.3) is 0 Å². The van der Waals surface area contributed by atoms with Crippen LogP contribution < -0.4 is 11.5 Å². The van der Waals surface area contributed by atoms with Gasteiger partial charge in [-0.2, -0.15) is 0 Å². The fraction of sp³-hybridized carbons (Fsp3) is 0.933. The van der Waals surface area contributed by atoms with Gasteiger partial charge < -0.3 is 16.4 Å². The maximum absolute atomic E-state index is 11.5. The van der Waals surface area contributed by atoms with Crippen molar-refractivity contribution in [3.63, 3.8) is 0 Å². The summed E-state index contributed by atoms with van der Waals surface area (Å²) in [6.45, 7) is 7.75. The number of nitrogens with two attached hydrogens (primary N) is 2. The summed E-state index contributed by atoms with van der Waals surface area (Å²) in [5.41, 5.74) is 10.9. The standard InChI is InChI=1S/C15H31N3O/c1-11(2)10-12(3)18(4)9-7-13-6-5-8-15(13,17)14(16)19/h11-13H,5-10,17H2,1-4H3,(H2,16,19). The molecule has 0 bridgehead atoms. The number of carbonyl (C=O) groups excluding carboxylic acids is 1. The largest absolute Gasteiger partial charge is 0.368 e. The van der Waals surface area contributed by atoms with Crippen molar-refractivity contribution < 1.29 is 4.79 Å². The third kappa shape index (κ3) is 4.18. The lowest BCUT2D eigenvalue weighted by Gasteiger charge is -2.31. The van der Waals surface area contributed by atoms with Crippen LogP contribution in [0, 0.1) is 11.8 Å². The van der Waals surface area contributed by atoms with Crippen LogP contribution >= 0.6 is 0 Å². The average molecular weight is 269 g/mol. The molecule has 1 aliphatic rings. The van der Waals surface area contributed by atoms with E-state index in [1.807, 2.05) is 0 Å². The number of rotatable bonds is 7. The summed E-state index contributed by atoms with van der Waals surface area (Å²) in [5.74, 6) is 0.634. The van der Waals surface area contributed by atoms with Gasteiger partial charge >= 0.3 is 0 Å². The molecule has 1 fully saturated rings. The second-order valence-corrected chi connectivity index (χ2v) is 6.74. The Bertz CT molecular complexity index is 306. The molecular formula is C15H31N3O. The molecule has 0 aromatic heterocycles. The van der Waals surface area contributed by atoms with E-state index in [1.54, 1.807) is 0 Å². The highest BCUT2D eigenvalue weighted by Gasteiger charge is 2.43. The third-order valence-electron chi connectivity index (χ3n) is 4.73. The fourth-order valence-electron chi connectivity index (χ4n) is 3.27. The Morgan fingerprint density at radius 2 is 2.05 bits per heavy atom. The van der Waals surface area contributed by atoms with Crippen LogP contribution in [0.5, 0.6) is 0 Å². The number of primary amides is 1. The smallest absolute Gasteiger partial charge is 0.237 e. The molecule has 1 amide bonds. The SMILES string of the molecule is CC(C)CC(C)N(C)CCC1CCCC1(N)C(N)=O. The Morgan fingerprint density at radius 3 is 2.58 bits per heavy atom. The third-order valence-corrected chi connectivity index (χ3v) is 4.73. The summed E-state index contributed by atoms with van der Waals surface area (Å²) in [5, 5.41) is 0. The maximum Gasteiger partial charge on any atom is 0.237 e. The van der Waals surface area contributed by atoms with Crippen molar-refractivity contribution in [2.45, 2.75) is 64.5 Å². The Hall–Kier alpha value is -0.610. The molecule has 0 aliphatic heterocycles. The van der Waals surface area contributed by atoms with Gasteiger partial charge in [0.1, 0.15) is 0 Å². The van der Waals surface area contributed by atoms with Crippen molar-refractivity contribution in [1.82, 2.24) is 4.90 Å². The summed E-state index contributed by atoms with van der Waals surface area (Å²) in [7, 11) is 2.16. The van der Waals surface area contributed by atoms with Crippen molar-refractivity contribution in [1.29, 1.82) is 0 Å². The van der Waals surface area contributed by atoms with Crippen molar-refractivity contribution in [2.24, 2.45) is 23.3 Å². The van der Waals surface area contributed by atoms with Gasteiger partial charge in [0.2, 0.25) is 5.91 Å². The zero-order chi connectivity index (χ0) is 14.6. The van der Waals surface area contributed by atoms with Gasteiger partial charge in [-0.25, -0.2) is 0 Å². The van der Waals surface area contributed by atoms with Gasteiger partial charge in [-0.1, -0.05) is 20.3 Å². The Labute approximate surface area is 117 Å². The van der Waals surface area contributed by atoms with E-state index in [0.29, 0.717) is 12.0 Å². The van der Waals surface area contributed by atoms with Crippen LogP contribution in [0.1, 0.15) is 52.9 Å². The molecule has 0 saturated heterocycles. The number of nitrogens with zero attached hydrogens (tertiary/aromatic N) is 1. The Morgan fingerprint density at radius 1 is 1.42 bits per heavy atom. The summed E-state index contributed by atoms with van der Waals surface area (Å²) in [4.78, 5) is 13.9. The lowest BCUT2D eigenvalue weighted by molar-refractivity contribution is -0.124. The number of hydrogen-bond acceptors (Lipinski definition) is 3. The van der Waals surface area contributed by atoms with E-state index in [4.69, 9.17) is 11.5 Å². The van der Waals surface area contributed by atoms with Crippen LogP contribution in [-0.4, -0.2) is 36.0 Å². The maximum atomic E-state index is 11.5. The minimum Gasteiger partial charge on any atom is -0.368 e. The van der Waals surface area contributed by atoms with Gasteiger partial charge in [0, 0.05) is 6.04 Å². The molecule has 1 saturated carbocycles. The van der Waals surface area contributed by atoms with E-state index in [1.165, 1.54) is 6.42 Å². The highest BCUT2D eigenvalue weighted by molar-refractivity contribution is 5.85. The van der Waals surface area contributed by atoms with Gasteiger partial charge in [0.05, 0.1) is 5.54 Å². The minimum atomic E-state index is -0.762. The van der Waals surface area contributed by atoms with Crippen molar-refractivity contribution in [3.8, 4) is 0 Å². The van der Waals surface area contributed by atoms with Gasteiger partial charge in [-0.05, 0) is 58.0 Å². The van der Waals surface area contributed by atoms with Crippen LogP contribution in [0.3, 0.4) is 0 Å². The van der Waals surface area contributed by atoms with Crippen molar-refractivity contribution >= 4 is 5.91 Å². The second kappa shape index (κ2) is 6.71. The first-order valence-electron chi connectivity index (χ1n) is 7.56. The molecule has 4 nitrogen and oxygen atoms in total. The fourth-order valence-corrected chi connectivity index (χ4v) is 3.27. The van der Waals surface area contributed by atoms with E-state index in [9.17, 15) is 4.79 Å². The van der Waals surface area contributed by atoms with Crippen molar-refractivity contribution in [2.75, 3.05) is 13.6 Å². The molecular weight excluding hydrogens is 238 g/mol. The minimum absolute atomic E-state index is 0.249. The van der Waals surface area contributed by atoms with E-state index in [-0.39, 0.29) is 11.8 Å². The van der Waals surface area contributed by atoms with Crippen LogP contribution in [0.4, 0.5) is 0 Å². The highest BCUT2D eigenvalue weighted by Crippen LogP contribution is 2.36. The van der Waals surface area contributed by atoms with Crippen LogP contribution in [0.2, 0.25) is 0 Å². The molecule has 3 atom stereocenters. The second-order valence-electron chi connectivity index (χ2n) is 6.74. The molecule has 0 radical (unpaired) electrons. The van der Waals surface area contributed by atoms with Crippen LogP contribution in [0.15, 0.2) is 0 Å². The lowest BCUT2D eigenvalue weighted by atomic mass is 9.85. The van der Waals surface area contributed by atoms with Gasteiger partial charge in [-0.15, -0.1) is 0 Å². The normalized spacial score (nSPS) is 29.1. The molecule has 3 unspecified atom stereocenters. The van der Waals surface area contributed by atoms with E-state index >= 15 is 0 Å². The first kappa shape index (κ1) is 16.4. The highest BCUT2D eigenvalue weighted by atomic mass is 16.1. The Kier molecular flexibility index (Phi) is 5.81. The summed E-state index contributed by atoms with van der Waals surface area (Å²) < 4.78 is 0. The summed E-state index contributed by atoms with van der Waals surface area (Å²) >= 11 is 0. The van der Waals surface area contributed by atoms with Crippen molar-refractivity contribution in [3.05, 3.63) is 0 Å². The molecule has 1 rings (SSSR count). The number of amides is 1. The molecule has 0 aromatic rings. The molecule has 0 spiro atoms. The molecule has 19 heavy (non-hydrogen) atoms. The monoisotopic (exact) mass is 269 g/mol. The van der Waals surface area contributed by atoms with E-state index < -0.39 is 5.54 Å². The number of hydrogen-bond donors (Lipinski definition) is 2. The quantitative estimate of drug-likeness (QED) is 0.739. The molecule has 4 N–H and O–H groups in total. The first-order valence-corrected chi connectivity index (χ1v) is 7.56. The molecule has 112 valence electrons. The molecule has 0 heterocycles. The predicted octanol–water partition coefficient (Wildman–Crippen LogP) is 1.73. The first-order chi connectivity index (χ1) is 8.77. The average Bonchev–Trinajstić information content (AvgIpc) is 2.68. The predicted molar refractivity (Wildman–Crippen MR) is 79.6 cm³/mol. The Balaban J connectivity index is 2.45. The number of carbonyl (C=O) groups is 1. The van der Waals surface area contributed by atoms with E-state index in [2.05, 4.69) is 32.7 Å². The summed E-state index contributed by atoms with van der Waals surface area (Å²) in [6.07, 6.45) is 4.97. The van der Waals surface area contributed by atoms with Gasteiger partial charge in [0.15, 0.2) is 0 Å². The van der Waals surface area contributed by atoms with Gasteiger partial charge in [-0.3, -0.25) is 4.79 Å².